The van der Waals surface area contributed by atoms with Crippen LogP contribution in [0.5, 0.6) is 0 Å². The number of benzene rings is 2. The third-order valence-corrected chi connectivity index (χ3v) is 7.25. The quantitative estimate of drug-likeness (QED) is 0.509. The van der Waals surface area contributed by atoms with Crippen molar-refractivity contribution >= 4 is 63.9 Å². The summed E-state index contributed by atoms with van der Waals surface area (Å²) in [6.45, 7) is 1.71. The maximum Gasteiger partial charge on any atom is 0.338 e. The number of fused-ring (bicyclic) bond motifs is 1. The molecule has 0 fully saturated rings. The molecule has 2 N–H and O–H groups in total. The van der Waals surface area contributed by atoms with Gasteiger partial charge in [0.05, 0.1) is 35.3 Å². The number of nitrogens with two attached hydrogens (primary N) is 1. The second kappa shape index (κ2) is 10.1. The molecule has 0 aliphatic carbocycles. The van der Waals surface area contributed by atoms with Crippen LogP contribution in [0.3, 0.4) is 0 Å². The lowest BCUT2D eigenvalue weighted by molar-refractivity contribution is -0.138. The molecule has 2 heterocycles. The number of carbonyl (C=O) groups is 2. The van der Waals surface area contributed by atoms with E-state index in [4.69, 9.17) is 38.4 Å². The van der Waals surface area contributed by atoms with Gasteiger partial charge in [-0.05, 0) is 36.3 Å². The average molecular weight is 531 g/mol. The maximum atomic E-state index is 13.5. The lowest BCUT2D eigenvalue weighted by Crippen LogP contribution is -2.41. The Morgan fingerprint density at radius 2 is 1.71 bits per heavy atom. The molecule has 0 radical (unpaired) electrons. The van der Waals surface area contributed by atoms with Crippen molar-refractivity contribution in [3.05, 3.63) is 94.8 Å². The maximum absolute atomic E-state index is 13.5. The van der Waals surface area contributed by atoms with Gasteiger partial charge in [-0.15, -0.1) is 11.3 Å². The van der Waals surface area contributed by atoms with E-state index in [1.54, 1.807) is 61.5 Å². The highest BCUT2D eigenvalue weighted by molar-refractivity contribution is 7.07. The molecule has 10 heteroatoms. The van der Waals surface area contributed by atoms with Crippen LogP contribution < -0.4 is 20.5 Å². The van der Waals surface area contributed by atoms with E-state index in [1.165, 1.54) is 7.11 Å². The summed E-state index contributed by atoms with van der Waals surface area (Å²) in [6, 6.07) is 13.8. The summed E-state index contributed by atoms with van der Waals surface area (Å²) in [6.07, 6.45) is 1.61. The van der Waals surface area contributed by atoms with Crippen LogP contribution in [-0.4, -0.2) is 30.2 Å². The van der Waals surface area contributed by atoms with Crippen LogP contribution in [0.25, 0.3) is 17.5 Å². The third kappa shape index (κ3) is 4.40. The number of hydrogen-bond acceptors (Lipinski definition) is 7. The molecule has 7 nitrogen and oxygen atoms in total. The number of carbonyl (C=O) groups excluding carboxylic acids is 2. The van der Waals surface area contributed by atoms with Gasteiger partial charge in [0.2, 0.25) is 0 Å². The van der Waals surface area contributed by atoms with Crippen LogP contribution in [0.1, 0.15) is 24.0 Å². The molecule has 3 aromatic rings. The summed E-state index contributed by atoms with van der Waals surface area (Å²) in [4.78, 5) is 39.7. The molecule has 2 aromatic carbocycles. The van der Waals surface area contributed by atoms with Crippen LogP contribution >= 0.6 is 34.5 Å². The summed E-state index contributed by atoms with van der Waals surface area (Å²) in [5.41, 5.74) is 6.97. The van der Waals surface area contributed by atoms with E-state index in [9.17, 15) is 14.4 Å². The molecule has 1 aliphatic rings. The number of ether oxygens (including phenoxy) is 2. The highest BCUT2D eigenvalue weighted by Crippen LogP contribution is 2.40. The van der Waals surface area contributed by atoms with Gasteiger partial charge in [-0.2, -0.15) is 0 Å². The van der Waals surface area contributed by atoms with Crippen LogP contribution in [0, 0.1) is 0 Å². The Balaban J connectivity index is 2.16. The number of methoxy groups -OCH3 is 1. The van der Waals surface area contributed by atoms with Gasteiger partial charge in [0.15, 0.2) is 0 Å². The number of nitrogens with zero attached hydrogens (tertiary/aromatic N) is 1. The number of halogens is 2. The van der Waals surface area contributed by atoms with Gasteiger partial charge >= 0.3 is 11.9 Å². The first-order chi connectivity index (χ1) is 16.8. The standard InChI is InChI=1S/C25H20Cl2N2O5S/c1-3-34-25(32)19-18(14-9-5-7-11-16(14)27)20(24(31)33-2)23-29(21(19)28)22(30)17(35-23)12-13-8-4-6-10-15(13)26/h4-12,18H,3,28H2,1-2H3/b17-12-/t18-/m1/s1. The molecule has 1 atom stereocenters. The fraction of sp³-hybridized carbons (Fsp3) is 0.160. The number of rotatable bonds is 5. The molecule has 0 amide bonds. The monoisotopic (exact) mass is 530 g/mol. The Labute approximate surface area is 214 Å². The Morgan fingerprint density at radius 3 is 2.34 bits per heavy atom. The van der Waals surface area contributed by atoms with E-state index in [0.717, 1.165) is 15.9 Å². The number of hydrogen-bond donors (Lipinski definition) is 1. The smallest absolute Gasteiger partial charge is 0.338 e. The Hall–Kier alpha value is -3.33. The average Bonchev–Trinajstić information content (AvgIpc) is 3.16. The van der Waals surface area contributed by atoms with Gasteiger partial charge in [0, 0.05) is 10.0 Å². The largest absolute Gasteiger partial charge is 0.466 e. The molecule has 0 spiro atoms. The van der Waals surface area contributed by atoms with Crippen LogP contribution in [0.15, 0.2) is 58.9 Å². The van der Waals surface area contributed by atoms with E-state index in [-0.39, 0.29) is 32.8 Å². The van der Waals surface area contributed by atoms with Gasteiger partial charge in [0.1, 0.15) is 10.5 Å². The van der Waals surface area contributed by atoms with E-state index < -0.39 is 23.4 Å². The first-order valence-electron chi connectivity index (χ1n) is 10.5. The normalized spacial score (nSPS) is 15.7. The molecule has 0 unspecified atom stereocenters. The second-order valence-corrected chi connectivity index (χ2v) is 9.30. The topological polar surface area (TPSA) is 101 Å². The molecule has 1 aromatic heterocycles. The van der Waals surface area contributed by atoms with Crippen LogP contribution in [0.2, 0.25) is 10.0 Å². The van der Waals surface area contributed by atoms with E-state index in [0.29, 0.717) is 21.2 Å². The number of thiazole rings is 1. The molecule has 4 rings (SSSR count). The zero-order chi connectivity index (χ0) is 25.3. The van der Waals surface area contributed by atoms with Gasteiger partial charge < -0.3 is 15.2 Å². The van der Waals surface area contributed by atoms with Crippen molar-refractivity contribution < 1.29 is 19.1 Å². The molecule has 0 bridgehead atoms. The van der Waals surface area contributed by atoms with Crippen molar-refractivity contribution in [2.24, 2.45) is 5.73 Å². The fourth-order valence-electron chi connectivity index (χ4n) is 3.92. The van der Waals surface area contributed by atoms with E-state index in [1.807, 2.05) is 0 Å². The highest BCUT2D eigenvalue weighted by atomic mass is 35.5. The first-order valence-corrected chi connectivity index (χ1v) is 12.1. The Kier molecular flexibility index (Phi) is 7.16. The fourth-order valence-corrected chi connectivity index (χ4v) is 5.51. The van der Waals surface area contributed by atoms with Gasteiger partial charge in [-0.25, -0.2) is 9.59 Å². The predicted octanol–water partition coefficient (Wildman–Crippen LogP) is 2.86. The number of esters is 2. The van der Waals surface area contributed by atoms with Crippen molar-refractivity contribution in [1.29, 1.82) is 0 Å². The van der Waals surface area contributed by atoms with Crippen molar-refractivity contribution in [2.75, 3.05) is 13.7 Å². The minimum Gasteiger partial charge on any atom is -0.466 e. The molecule has 0 saturated carbocycles. The summed E-state index contributed by atoms with van der Waals surface area (Å²) < 4.78 is 12.0. The molecule has 180 valence electrons. The van der Waals surface area contributed by atoms with E-state index >= 15 is 0 Å². The lowest BCUT2D eigenvalue weighted by Gasteiger charge is -2.27. The highest BCUT2D eigenvalue weighted by Gasteiger charge is 2.40. The summed E-state index contributed by atoms with van der Waals surface area (Å²) >= 11 is 13.8. The first kappa shape index (κ1) is 24.8. The van der Waals surface area contributed by atoms with Crippen molar-refractivity contribution in [3.8, 4) is 0 Å². The van der Waals surface area contributed by atoms with Crippen molar-refractivity contribution in [1.82, 2.24) is 4.57 Å². The summed E-state index contributed by atoms with van der Waals surface area (Å²) in [7, 11) is 1.22. The third-order valence-electron chi connectivity index (χ3n) is 5.46. The lowest BCUT2D eigenvalue weighted by atomic mass is 9.83. The van der Waals surface area contributed by atoms with Gasteiger partial charge in [0.25, 0.3) is 5.56 Å². The predicted molar refractivity (Wildman–Crippen MR) is 137 cm³/mol. The second-order valence-electron chi connectivity index (χ2n) is 7.46. The van der Waals surface area contributed by atoms with Gasteiger partial charge in [-0.3, -0.25) is 9.36 Å². The molecular weight excluding hydrogens is 511 g/mol. The summed E-state index contributed by atoms with van der Waals surface area (Å²) in [5, 5.41) is 0.758. The molecule has 1 aliphatic heterocycles. The molecule has 0 saturated heterocycles. The van der Waals surface area contributed by atoms with Crippen LogP contribution in [-0.2, 0) is 19.1 Å². The van der Waals surface area contributed by atoms with Crippen molar-refractivity contribution in [2.45, 2.75) is 12.8 Å². The van der Waals surface area contributed by atoms with Gasteiger partial charge in [-0.1, -0.05) is 59.6 Å². The minimum absolute atomic E-state index is 0.0544. The zero-order valence-electron chi connectivity index (χ0n) is 18.7. The summed E-state index contributed by atoms with van der Waals surface area (Å²) in [5.74, 6) is -2.65. The zero-order valence-corrected chi connectivity index (χ0v) is 21.0. The minimum atomic E-state index is -1.01. The molecular formula is C25H20Cl2N2O5S. The van der Waals surface area contributed by atoms with E-state index in [2.05, 4.69) is 0 Å². The van der Waals surface area contributed by atoms with Crippen LogP contribution in [0.4, 0.5) is 0 Å². The Morgan fingerprint density at radius 1 is 1.06 bits per heavy atom. The SMILES string of the molecule is CCOC(=O)C1=C(N)n2c(s/c(=C\c3ccccc3Cl)c2=O)=C(C(=O)OC)[C@@H]1c1ccccc1Cl. The molecule has 35 heavy (non-hydrogen) atoms. The number of aromatic nitrogens is 1. The Bertz CT molecular complexity index is 1550. The van der Waals surface area contributed by atoms with Crippen molar-refractivity contribution in [3.63, 3.8) is 0 Å².